The van der Waals surface area contributed by atoms with E-state index in [1.807, 2.05) is 6.92 Å². The van der Waals surface area contributed by atoms with Crippen LogP contribution in [0.15, 0.2) is 4.99 Å². The maximum absolute atomic E-state index is 12.1. The van der Waals surface area contributed by atoms with E-state index in [2.05, 4.69) is 25.8 Å². The molecule has 0 aromatic carbocycles. The normalized spacial score (nSPS) is 24.1. The summed E-state index contributed by atoms with van der Waals surface area (Å²) in [5.41, 5.74) is 3.86. The van der Waals surface area contributed by atoms with Crippen LogP contribution >= 0.6 is 24.0 Å². The van der Waals surface area contributed by atoms with Crippen molar-refractivity contribution in [3.63, 3.8) is 0 Å². The molecule has 1 unspecified atom stereocenters. The van der Waals surface area contributed by atoms with Crippen molar-refractivity contribution in [3.8, 4) is 0 Å². The zero-order valence-corrected chi connectivity index (χ0v) is 18.8. The predicted molar refractivity (Wildman–Crippen MR) is 114 cm³/mol. The molecule has 2 heterocycles. The summed E-state index contributed by atoms with van der Waals surface area (Å²) in [6.07, 6.45) is 1.52. The Morgan fingerprint density at radius 3 is 2.41 bits per heavy atom. The first-order chi connectivity index (χ1) is 12.1. The third-order valence-electron chi connectivity index (χ3n) is 5.31. The molecule has 2 aliphatic heterocycles. The van der Waals surface area contributed by atoms with Gasteiger partial charge in [0, 0.05) is 19.6 Å². The third kappa shape index (κ3) is 5.23. The van der Waals surface area contributed by atoms with E-state index in [0.717, 1.165) is 18.8 Å². The summed E-state index contributed by atoms with van der Waals surface area (Å²) < 4.78 is 0. The number of carbonyl (C=O) groups excluding carboxylic acids is 3. The van der Waals surface area contributed by atoms with Crippen molar-refractivity contribution in [1.82, 2.24) is 20.9 Å². The van der Waals surface area contributed by atoms with E-state index in [-0.39, 0.29) is 41.7 Å². The highest BCUT2D eigenvalue weighted by atomic mass is 127. The van der Waals surface area contributed by atoms with Crippen LogP contribution in [0.4, 0.5) is 4.79 Å². The number of hydrogen-bond acceptors (Lipinski definition) is 4. The topological polar surface area (TPSA) is 129 Å². The summed E-state index contributed by atoms with van der Waals surface area (Å²) >= 11 is 0. The maximum atomic E-state index is 12.1. The van der Waals surface area contributed by atoms with Gasteiger partial charge in [0.1, 0.15) is 5.54 Å². The van der Waals surface area contributed by atoms with Crippen LogP contribution in [0.1, 0.15) is 40.5 Å². The molecule has 4 amide bonds. The van der Waals surface area contributed by atoms with Gasteiger partial charge in [-0.1, -0.05) is 0 Å². The molecule has 0 aromatic rings. The number of halogens is 1. The van der Waals surface area contributed by atoms with Crippen LogP contribution in [0.2, 0.25) is 0 Å². The number of aliphatic imine (C=N–C) groups is 1. The van der Waals surface area contributed by atoms with Crippen molar-refractivity contribution in [2.24, 2.45) is 22.1 Å². The number of amides is 4. The van der Waals surface area contributed by atoms with Gasteiger partial charge in [0.2, 0.25) is 5.91 Å². The maximum Gasteiger partial charge on any atom is 0.322 e. The van der Waals surface area contributed by atoms with E-state index >= 15 is 0 Å². The Labute approximate surface area is 177 Å². The number of likely N-dealkylation sites (tertiary alicyclic amines) is 1. The Bertz CT molecular complexity index is 616. The summed E-state index contributed by atoms with van der Waals surface area (Å²) in [5, 5.41) is 8.33. The molecular weight excluding hydrogens is 463 g/mol. The Hall–Kier alpha value is -1.59. The number of guanidine groups is 1. The fourth-order valence-corrected chi connectivity index (χ4v) is 3.29. The van der Waals surface area contributed by atoms with Crippen molar-refractivity contribution in [2.45, 2.75) is 46.1 Å². The summed E-state index contributed by atoms with van der Waals surface area (Å²) in [4.78, 5) is 41.8. The second-order valence-electron chi connectivity index (χ2n) is 7.79. The highest BCUT2D eigenvalue weighted by Crippen LogP contribution is 2.30. The minimum atomic E-state index is -0.855. The summed E-state index contributed by atoms with van der Waals surface area (Å²) in [6, 6.07) is -0.427. The highest BCUT2D eigenvalue weighted by molar-refractivity contribution is 14.0. The fourth-order valence-electron chi connectivity index (χ4n) is 3.29. The molecule has 154 valence electrons. The summed E-state index contributed by atoms with van der Waals surface area (Å²) in [6.45, 7) is 9.77. The molecule has 0 spiro atoms. The van der Waals surface area contributed by atoms with Gasteiger partial charge in [0.15, 0.2) is 5.96 Å². The van der Waals surface area contributed by atoms with Gasteiger partial charge in [0.05, 0.1) is 12.0 Å². The molecule has 1 atom stereocenters. The average Bonchev–Trinajstić information content (AvgIpc) is 2.84. The number of rotatable bonds is 5. The second-order valence-corrected chi connectivity index (χ2v) is 7.79. The fraction of sp³-hybridized carbons (Fsp3) is 0.765. The molecule has 10 heteroatoms. The van der Waals surface area contributed by atoms with Gasteiger partial charge in [-0.15, -0.1) is 24.0 Å². The quantitative estimate of drug-likeness (QED) is 0.190. The number of piperidine rings is 1. The van der Waals surface area contributed by atoms with E-state index in [1.54, 1.807) is 20.8 Å². The van der Waals surface area contributed by atoms with Gasteiger partial charge < -0.3 is 21.3 Å². The van der Waals surface area contributed by atoms with Crippen LogP contribution in [0.3, 0.4) is 0 Å². The van der Waals surface area contributed by atoms with Crippen molar-refractivity contribution in [3.05, 3.63) is 0 Å². The molecule has 0 bridgehead atoms. The second kappa shape index (κ2) is 9.07. The van der Waals surface area contributed by atoms with Gasteiger partial charge in [0.25, 0.3) is 5.91 Å². The summed E-state index contributed by atoms with van der Waals surface area (Å²) in [7, 11) is 0. The van der Waals surface area contributed by atoms with E-state index in [4.69, 9.17) is 5.73 Å². The highest BCUT2D eigenvalue weighted by Gasteiger charge is 2.48. The average molecular weight is 494 g/mol. The third-order valence-corrected chi connectivity index (χ3v) is 5.31. The minimum Gasteiger partial charge on any atom is -0.369 e. The smallest absolute Gasteiger partial charge is 0.322 e. The Morgan fingerprint density at radius 1 is 1.37 bits per heavy atom. The molecule has 27 heavy (non-hydrogen) atoms. The van der Waals surface area contributed by atoms with Crippen LogP contribution in [0.25, 0.3) is 0 Å². The van der Waals surface area contributed by atoms with Crippen LogP contribution in [-0.4, -0.2) is 60.4 Å². The number of nitrogens with one attached hydrogen (secondary N) is 3. The minimum absolute atomic E-state index is 0. The van der Waals surface area contributed by atoms with Gasteiger partial charge in [-0.05, 0) is 46.5 Å². The van der Waals surface area contributed by atoms with Crippen molar-refractivity contribution >= 4 is 47.8 Å². The van der Waals surface area contributed by atoms with Gasteiger partial charge >= 0.3 is 6.03 Å². The van der Waals surface area contributed by atoms with Crippen molar-refractivity contribution < 1.29 is 14.4 Å². The largest absolute Gasteiger partial charge is 0.369 e. The molecular formula is C17H31IN6O3. The molecule has 2 aliphatic rings. The zero-order chi connectivity index (χ0) is 19.5. The number of carbonyl (C=O) groups is 3. The van der Waals surface area contributed by atoms with Crippen molar-refractivity contribution in [1.29, 1.82) is 0 Å². The van der Waals surface area contributed by atoms with Crippen molar-refractivity contribution in [2.75, 3.05) is 26.2 Å². The van der Waals surface area contributed by atoms with E-state index in [0.29, 0.717) is 26.2 Å². The molecule has 2 fully saturated rings. The molecule has 0 aliphatic carbocycles. The zero-order valence-electron chi connectivity index (χ0n) is 16.4. The molecule has 2 rings (SSSR count). The number of nitrogens with zero attached hydrogens (tertiary/aromatic N) is 2. The van der Waals surface area contributed by atoms with Gasteiger partial charge in [-0.25, -0.2) is 4.79 Å². The van der Waals surface area contributed by atoms with Gasteiger partial charge in [-0.2, -0.15) is 0 Å². The molecule has 0 saturated carbocycles. The lowest BCUT2D eigenvalue weighted by atomic mass is 9.79. The number of nitrogens with two attached hydrogens (primary N) is 1. The van der Waals surface area contributed by atoms with E-state index in [9.17, 15) is 14.4 Å². The van der Waals surface area contributed by atoms with Gasteiger partial charge in [-0.3, -0.25) is 19.9 Å². The van der Waals surface area contributed by atoms with Crippen LogP contribution in [0, 0.1) is 11.3 Å². The Kier molecular flexibility index (Phi) is 7.87. The first kappa shape index (κ1) is 23.4. The lowest BCUT2D eigenvalue weighted by Crippen LogP contribution is -2.55. The standard InChI is InChI=1S/C17H30N6O3.HI/c1-5-19-14(20-10-16(2,3)12(18)24)23-8-6-11(7-9-23)17(4)13(25)21-15(26)22-17;/h11H,5-10H2,1-4H3,(H2,18,24)(H,19,20)(H2,21,22,25,26);1H. The van der Waals surface area contributed by atoms with Crippen LogP contribution < -0.4 is 21.7 Å². The SMILES string of the molecule is CCNC(=NCC(C)(C)C(N)=O)N1CCC(C2(C)NC(=O)NC2=O)CC1.I. The predicted octanol–water partition coefficient (Wildman–Crippen LogP) is 0.392. The van der Waals surface area contributed by atoms with E-state index in [1.165, 1.54) is 0 Å². The monoisotopic (exact) mass is 494 g/mol. The lowest BCUT2D eigenvalue weighted by Gasteiger charge is -2.40. The number of hydrogen-bond donors (Lipinski definition) is 4. The first-order valence-corrected chi connectivity index (χ1v) is 9.07. The number of imide groups is 1. The molecule has 0 aromatic heterocycles. The van der Waals surface area contributed by atoms with Crippen LogP contribution in [-0.2, 0) is 9.59 Å². The van der Waals surface area contributed by atoms with E-state index < -0.39 is 17.0 Å². The molecule has 2 saturated heterocycles. The Morgan fingerprint density at radius 2 is 1.96 bits per heavy atom. The molecule has 5 N–H and O–H groups in total. The molecule has 0 radical (unpaired) electrons. The van der Waals surface area contributed by atoms with Crippen LogP contribution in [0.5, 0.6) is 0 Å². The number of primary amides is 1. The summed E-state index contributed by atoms with van der Waals surface area (Å²) in [5.74, 6) is 0.164. The first-order valence-electron chi connectivity index (χ1n) is 9.07. The molecule has 9 nitrogen and oxygen atoms in total. The Balaban J connectivity index is 0.00000364. The number of urea groups is 1. The lowest BCUT2D eigenvalue weighted by molar-refractivity contribution is -0.126.